The van der Waals surface area contributed by atoms with Crippen molar-refractivity contribution in [2.45, 2.75) is 58.4 Å². The molecule has 1 unspecified atom stereocenters. The summed E-state index contributed by atoms with van der Waals surface area (Å²) < 4.78 is 0. The third kappa shape index (κ3) is 4.52. The Morgan fingerprint density at radius 3 is 2.50 bits per heavy atom. The molecule has 0 bridgehead atoms. The summed E-state index contributed by atoms with van der Waals surface area (Å²) in [7, 11) is 0. The number of rotatable bonds is 5. The van der Waals surface area contributed by atoms with Crippen LogP contribution in [0.4, 0.5) is 0 Å². The highest BCUT2D eigenvalue weighted by Crippen LogP contribution is 2.26. The summed E-state index contributed by atoms with van der Waals surface area (Å²) in [5.41, 5.74) is 5.51. The molecule has 1 saturated carbocycles. The zero-order chi connectivity index (χ0) is 12.0. The number of nitrogens with one attached hydrogen (secondary N) is 1. The van der Waals surface area contributed by atoms with Crippen LogP contribution in [0.5, 0.6) is 0 Å². The molecule has 0 aliphatic heterocycles. The average Bonchev–Trinajstić information content (AvgIpc) is 2.29. The van der Waals surface area contributed by atoms with Gasteiger partial charge in [0.05, 0.1) is 0 Å². The maximum absolute atomic E-state index is 11.7. The Morgan fingerprint density at radius 1 is 1.31 bits per heavy atom. The zero-order valence-electron chi connectivity index (χ0n) is 10.7. The van der Waals surface area contributed by atoms with Gasteiger partial charge in [-0.25, -0.2) is 0 Å². The molecule has 1 amide bonds. The van der Waals surface area contributed by atoms with Crippen molar-refractivity contribution in [3.05, 3.63) is 0 Å². The summed E-state index contributed by atoms with van der Waals surface area (Å²) in [6.45, 7) is 4.75. The number of amides is 1. The molecule has 1 fully saturated rings. The third-order valence-electron chi connectivity index (χ3n) is 3.68. The van der Waals surface area contributed by atoms with Gasteiger partial charge in [0.15, 0.2) is 0 Å². The molecule has 1 rings (SSSR count). The van der Waals surface area contributed by atoms with Gasteiger partial charge in [-0.15, -0.1) is 0 Å². The van der Waals surface area contributed by atoms with Gasteiger partial charge in [-0.2, -0.15) is 0 Å². The summed E-state index contributed by atoms with van der Waals surface area (Å²) in [5.74, 6) is 1.14. The van der Waals surface area contributed by atoms with E-state index in [9.17, 15) is 4.79 Å². The molecule has 94 valence electrons. The van der Waals surface area contributed by atoms with Crippen molar-refractivity contribution in [2.24, 2.45) is 17.6 Å². The molecule has 0 aromatic carbocycles. The molecule has 0 aromatic rings. The van der Waals surface area contributed by atoms with E-state index in [0.717, 1.165) is 0 Å². The largest absolute Gasteiger partial charge is 0.353 e. The highest BCUT2D eigenvalue weighted by molar-refractivity contribution is 5.76. The van der Waals surface area contributed by atoms with Gasteiger partial charge >= 0.3 is 0 Å². The van der Waals surface area contributed by atoms with E-state index in [2.05, 4.69) is 12.2 Å². The fourth-order valence-corrected chi connectivity index (χ4v) is 2.46. The number of hydrogen-bond acceptors (Lipinski definition) is 2. The second kappa shape index (κ2) is 6.89. The summed E-state index contributed by atoms with van der Waals surface area (Å²) in [6, 6.07) is 0.331. The fourth-order valence-electron chi connectivity index (χ4n) is 2.46. The lowest BCUT2D eigenvalue weighted by Crippen LogP contribution is -2.39. The first-order valence-corrected chi connectivity index (χ1v) is 6.63. The summed E-state index contributed by atoms with van der Waals surface area (Å²) in [5, 5.41) is 3.12. The lowest BCUT2D eigenvalue weighted by atomic mass is 9.84. The van der Waals surface area contributed by atoms with Crippen LogP contribution >= 0.6 is 0 Å². The maximum Gasteiger partial charge on any atom is 0.220 e. The standard InChI is InChI=1S/C13H26N2O/c1-10(9-14)8-13(16)15-11(2)12-6-4-3-5-7-12/h10-12H,3-9,14H2,1-2H3,(H,15,16)/t10?,11-/m1/s1. The van der Waals surface area contributed by atoms with Gasteiger partial charge in [-0.3, -0.25) is 4.79 Å². The maximum atomic E-state index is 11.7. The molecule has 1 aliphatic carbocycles. The molecule has 3 heteroatoms. The molecular weight excluding hydrogens is 200 g/mol. The molecule has 2 atom stereocenters. The quantitative estimate of drug-likeness (QED) is 0.754. The van der Waals surface area contributed by atoms with Crippen LogP contribution in [-0.2, 0) is 4.79 Å². The van der Waals surface area contributed by atoms with E-state index < -0.39 is 0 Å². The normalized spacial score (nSPS) is 21.4. The van der Waals surface area contributed by atoms with Crippen LogP contribution in [0.15, 0.2) is 0 Å². The van der Waals surface area contributed by atoms with Crippen LogP contribution in [0.3, 0.4) is 0 Å². The Hall–Kier alpha value is -0.570. The monoisotopic (exact) mass is 226 g/mol. The smallest absolute Gasteiger partial charge is 0.220 e. The van der Waals surface area contributed by atoms with Crippen molar-refractivity contribution in [1.29, 1.82) is 0 Å². The minimum Gasteiger partial charge on any atom is -0.353 e. The van der Waals surface area contributed by atoms with Gasteiger partial charge in [-0.1, -0.05) is 26.2 Å². The molecule has 0 saturated heterocycles. The first-order valence-electron chi connectivity index (χ1n) is 6.63. The van der Waals surface area contributed by atoms with Gasteiger partial charge in [0, 0.05) is 12.5 Å². The molecule has 0 spiro atoms. The molecule has 0 radical (unpaired) electrons. The summed E-state index contributed by atoms with van der Waals surface area (Å²) in [6.07, 6.45) is 7.12. The van der Waals surface area contributed by atoms with Crippen molar-refractivity contribution in [3.63, 3.8) is 0 Å². The Bertz CT molecular complexity index is 212. The Balaban J connectivity index is 2.26. The number of hydrogen-bond donors (Lipinski definition) is 2. The summed E-state index contributed by atoms with van der Waals surface area (Å²) >= 11 is 0. The predicted molar refractivity (Wildman–Crippen MR) is 67.0 cm³/mol. The van der Waals surface area contributed by atoms with E-state index in [1.807, 2.05) is 6.92 Å². The zero-order valence-corrected chi connectivity index (χ0v) is 10.7. The highest BCUT2D eigenvalue weighted by Gasteiger charge is 2.21. The van der Waals surface area contributed by atoms with E-state index in [0.29, 0.717) is 30.8 Å². The third-order valence-corrected chi connectivity index (χ3v) is 3.68. The SMILES string of the molecule is CC(CN)CC(=O)N[C@H](C)C1CCCCC1. The number of carbonyl (C=O) groups excluding carboxylic acids is 1. The predicted octanol–water partition coefficient (Wildman–Crippen LogP) is 2.06. The topological polar surface area (TPSA) is 55.1 Å². The van der Waals surface area contributed by atoms with E-state index in [4.69, 9.17) is 5.73 Å². The van der Waals surface area contributed by atoms with Gasteiger partial charge in [-0.05, 0) is 38.1 Å². The first-order chi connectivity index (χ1) is 7.63. The molecule has 3 N–H and O–H groups in total. The lowest BCUT2D eigenvalue weighted by Gasteiger charge is -2.28. The lowest BCUT2D eigenvalue weighted by molar-refractivity contribution is -0.122. The Morgan fingerprint density at radius 2 is 1.94 bits per heavy atom. The minimum absolute atomic E-state index is 0.163. The van der Waals surface area contributed by atoms with E-state index >= 15 is 0 Å². The average molecular weight is 226 g/mol. The van der Waals surface area contributed by atoms with Crippen LogP contribution in [0.2, 0.25) is 0 Å². The minimum atomic E-state index is 0.163. The molecule has 3 nitrogen and oxygen atoms in total. The molecule has 16 heavy (non-hydrogen) atoms. The summed E-state index contributed by atoms with van der Waals surface area (Å²) in [4.78, 5) is 11.7. The Labute approximate surface area is 99.2 Å². The van der Waals surface area contributed by atoms with Gasteiger partial charge in [0.2, 0.25) is 5.91 Å². The second-order valence-electron chi connectivity index (χ2n) is 5.30. The van der Waals surface area contributed by atoms with Crippen molar-refractivity contribution in [3.8, 4) is 0 Å². The van der Waals surface area contributed by atoms with Gasteiger partial charge in [0.1, 0.15) is 0 Å². The van der Waals surface area contributed by atoms with Gasteiger partial charge < -0.3 is 11.1 Å². The van der Waals surface area contributed by atoms with Crippen LogP contribution in [-0.4, -0.2) is 18.5 Å². The van der Waals surface area contributed by atoms with Crippen molar-refractivity contribution < 1.29 is 4.79 Å². The van der Waals surface area contributed by atoms with E-state index in [1.54, 1.807) is 0 Å². The van der Waals surface area contributed by atoms with E-state index in [-0.39, 0.29) is 5.91 Å². The molecule has 0 aromatic heterocycles. The van der Waals surface area contributed by atoms with Crippen molar-refractivity contribution in [2.75, 3.05) is 6.54 Å². The second-order valence-corrected chi connectivity index (χ2v) is 5.30. The number of carbonyl (C=O) groups is 1. The molecule has 0 heterocycles. The van der Waals surface area contributed by atoms with Gasteiger partial charge in [0.25, 0.3) is 0 Å². The molecule has 1 aliphatic rings. The Kier molecular flexibility index (Phi) is 5.81. The van der Waals surface area contributed by atoms with Crippen LogP contribution < -0.4 is 11.1 Å². The van der Waals surface area contributed by atoms with Crippen LogP contribution in [0, 0.1) is 11.8 Å². The van der Waals surface area contributed by atoms with Crippen LogP contribution in [0.1, 0.15) is 52.4 Å². The van der Waals surface area contributed by atoms with Crippen LogP contribution in [0.25, 0.3) is 0 Å². The van der Waals surface area contributed by atoms with Crippen molar-refractivity contribution in [1.82, 2.24) is 5.32 Å². The van der Waals surface area contributed by atoms with Crippen molar-refractivity contribution >= 4 is 5.91 Å². The number of nitrogens with two attached hydrogens (primary N) is 1. The first kappa shape index (κ1) is 13.5. The highest BCUT2D eigenvalue weighted by atomic mass is 16.1. The van der Waals surface area contributed by atoms with E-state index in [1.165, 1.54) is 32.1 Å². The molecular formula is C13H26N2O. The fraction of sp³-hybridized carbons (Fsp3) is 0.923.